The Balaban J connectivity index is 1.71. The molecule has 3 aromatic rings. The van der Waals surface area contributed by atoms with Crippen molar-refractivity contribution >= 4 is 38.7 Å². The topological polar surface area (TPSA) is 162 Å². The first kappa shape index (κ1) is 22.4. The molecule has 0 spiro atoms. The first-order chi connectivity index (χ1) is 15.1. The van der Waals surface area contributed by atoms with Crippen molar-refractivity contribution in [2.75, 3.05) is 10.0 Å². The molecule has 0 fully saturated rings. The third kappa shape index (κ3) is 5.05. The highest BCUT2D eigenvalue weighted by atomic mass is 32.2. The van der Waals surface area contributed by atoms with E-state index < -0.39 is 25.8 Å². The fourth-order valence-electron chi connectivity index (χ4n) is 2.73. The minimum Gasteiger partial charge on any atom is -0.322 e. The molecule has 0 aliphatic rings. The Labute approximate surface area is 182 Å². The summed E-state index contributed by atoms with van der Waals surface area (Å²) in [7, 11) is -4.07. The number of hydrogen-bond donors (Lipinski definition) is 2. The molecule has 1 amide bonds. The number of nitrogens with zero attached hydrogens (tertiary/aromatic N) is 2. The molecule has 164 valence electrons. The van der Waals surface area contributed by atoms with Gasteiger partial charge < -0.3 is 5.32 Å². The number of sulfonamides is 1. The second-order valence-electron chi connectivity index (χ2n) is 6.65. The number of carbonyl (C=O) groups excluding carboxylic acids is 1. The monoisotopic (exact) mass is 456 g/mol. The van der Waals surface area contributed by atoms with E-state index in [1.165, 1.54) is 67.6 Å². The standard InChI is InChI=1S/C20H16N4O7S/c1-13-2-11-18(12-19(13)24(28)29)32(30,31)22-16-7-5-15(6-8-16)21-20(25)14-3-9-17(10-4-14)23(26)27/h2-12,22H,1H3,(H,21,25). The van der Waals surface area contributed by atoms with E-state index >= 15 is 0 Å². The maximum atomic E-state index is 12.6. The van der Waals surface area contributed by atoms with E-state index in [9.17, 15) is 33.4 Å². The Kier molecular flexibility index (Phi) is 6.16. The molecule has 0 radical (unpaired) electrons. The lowest BCUT2D eigenvalue weighted by molar-refractivity contribution is -0.385. The minimum absolute atomic E-state index is 0.142. The Morgan fingerprint density at radius 2 is 1.44 bits per heavy atom. The predicted octanol–water partition coefficient (Wildman–Crippen LogP) is 3.86. The van der Waals surface area contributed by atoms with Gasteiger partial charge in [-0.15, -0.1) is 0 Å². The van der Waals surface area contributed by atoms with Gasteiger partial charge in [0.05, 0.1) is 14.7 Å². The zero-order valence-electron chi connectivity index (χ0n) is 16.5. The number of aryl methyl sites for hydroxylation is 1. The zero-order chi connectivity index (χ0) is 23.5. The molecule has 0 aromatic heterocycles. The molecule has 0 atom stereocenters. The summed E-state index contributed by atoms with van der Waals surface area (Å²) in [6.45, 7) is 1.51. The van der Waals surface area contributed by atoms with Gasteiger partial charge in [-0.05, 0) is 49.4 Å². The van der Waals surface area contributed by atoms with E-state index in [0.717, 1.165) is 6.07 Å². The molecule has 0 heterocycles. The van der Waals surface area contributed by atoms with Crippen LogP contribution in [0.4, 0.5) is 22.7 Å². The van der Waals surface area contributed by atoms with E-state index in [0.29, 0.717) is 11.3 Å². The van der Waals surface area contributed by atoms with Crippen LogP contribution in [0.25, 0.3) is 0 Å². The molecule has 0 saturated carbocycles. The number of anilines is 2. The van der Waals surface area contributed by atoms with Crippen molar-refractivity contribution in [3.63, 3.8) is 0 Å². The smallest absolute Gasteiger partial charge is 0.273 e. The molecule has 0 aliphatic heterocycles. The van der Waals surface area contributed by atoms with Gasteiger partial charge in [-0.3, -0.25) is 29.7 Å². The van der Waals surface area contributed by atoms with Gasteiger partial charge in [0.15, 0.2) is 0 Å². The summed E-state index contributed by atoms with van der Waals surface area (Å²) in [6, 6.07) is 14.4. The molecule has 3 aromatic carbocycles. The molecule has 0 saturated heterocycles. The number of rotatable bonds is 7. The maximum absolute atomic E-state index is 12.6. The van der Waals surface area contributed by atoms with E-state index in [1.54, 1.807) is 0 Å². The fraction of sp³-hybridized carbons (Fsp3) is 0.0500. The number of amides is 1. The summed E-state index contributed by atoms with van der Waals surface area (Å²) in [4.78, 5) is 32.5. The van der Waals surface area contributed by atoms with Crippen LogP contribution in [0.5, 0.6) is 0 Å². The number of non-ortho nitro benzene ring substituents is 1. The number of nitro groups is 2. The normalized spacial score (nSPS) is 10.9. The van der Waals surface area contributed by atoms with Crippen molar-refractivity contribution in [2.45, 2.75) is 11.8 Å². The third-order valence-electron chi connectivity index (χ3n) is 4.42. The summed E-state index contributed by atoms with van der Waals surface area (Å²) in [6.07, 6.45) is 0. The lowest BCUT2D eigenvalue weighted by atomic mass is 10.2. The Hall–Kier alpha value is -4.32. The number of nitro benzene ring substituents is 2. The van der Waals surface area contributed by atoms with Gasteiger partial charge in [-0.25, -0.2) is 8.42 Å². The number of carbonyl (C=O) groups is 1. The number of nitrogens with one attached hydrogen (secondary N) is 2. The van der Waals surface area contributed by atoms with Gasteiger partial charge >= 0.3 is 0 Å². The zero-order valence-corrected chi connectivity index (χ0v) is 17.3. The molecule has 2 N–H and O–H groups in total. The molecular formula is C20H16N4O7S. The highest BCUT2D eigenvalue weighted by Crippen LogP contribution is 2.24. The van der Waals surface area contributed by atoms with Crippen molar-refractivity contribution in [3.05, 3.63) is 98.1 Å². The fourth-order valence-corrected chi connectivity index (χ4v) is 3.80. The van der Waals surface area contributed by atoms with E-state index in [1.807, 2.05) is 0 Å². The quantitative estimate of drug-likeness (QED) is 0.403. The van der Waals surface area contributed by atoms with Crippen LogP contribution in [0.15, 0.2) is 71.6 Å². The predicted molar refractivity (Wildman–Crippen MR) is 116 cm³/mol. The largest absolute Gasteiger partial charge is 0.322 e. The molecule has 0 aliphatic carbocycles. The molecular weight excluding hydrogens is 440 g/mol. The Morgan fingerprint density at radius 1 is 0.844 bits per heavy atom. The Bertz CT molecular complexity index is 1300. The van der Waals surface area contributed by atoms with Gasteiger partial charge in [-0.2, -0.15) is 0 Å². The van der Waals surface area contributed by atoms with Gasteiger partial charge in [0.25, 0.3) is 27.3 Å². The van der Waals surface area contributed by atoms with Crippen molar-refractivity contribution in [2.24, 2.45) is 0 Å². The van der Waals surface area contributed by atoms with Crippen LogP contribution in [0.1, 0.15) is 15.9 Å². The van der Waals surface area contributed by atoms with Crippen LogP contribution < -0.4 is 10.0 Å². The molecule has 11 nitrogen and oxygen atoms in total. The number of benzene rings is 3. The van der Waals surface area contributed by atoms with Crippen molar-refractivity contribution < 1.29 is 23.1 Å². The van der Waals surface area contributed by atoms with Gasteiger partial charge in [0.2, 0.25) is 0 Å². The summed E-state index contributed by atoms with van der Waals surface area (Å²) in [5, 5.41) is 24.3. The SMILES string of the molecule is Cc1ccc(S(=O)(=O)Nc2ccc(NC(=O)c3ccc([N+](=O)[O-])cc3)cc2)cc1[N+](=O)[O-]. The second-order valence-corrected chi connectivity index (χ2v) is 8.33. The third-order valence-corrected chi connectivity index (χ3v) is 5.80. The van der Waals surface area contributed by atoms with Crippen LogP contribution >= 0.6 is 0 Å². The molecule has 32 heavy (non-hydrogen) atoms. The first-order valence-electron chi connectivity index (χ1n) is 9.00. The second kappa shape index (κ2) is 8.81. The van der Waals surface area contributed by atoms with Crippen LogP contribution in [-0.4, -0.2) is 24.2 Å². The van der Waals surface area contributed by atoms with E-state index in [2.05, 4.69) is 10.0 Å². The van der Waals surface area contributed by atoms with Gasteiger partial charge in [0.1, 0.15) is 0 Å². The Morgan fingerprint density at radius 3 is 2.00 bits per heavy atom. The number of hydrogen-bond acceptors (Lipinski definition) is 7. The van der Waals surface area contributed by atoms with Crippen LogP contribution in [0, 0.1) is 27.2 Å². The summed E-state index contributed by atoms with van der Waals surface area (Å²) >= 11 is 0. The lowest BCUT2D eigenvalue weighted by Gasteiger charge is -2.10. The average Bonchev–Trinajstić information content (AvgIpc) is 2.75. The summed E-state index contributed by atoms with van der Waals surface area (Å²) in [5.41, 5.74) is 0.640. The van der Waals surface area contributed by atoms with Crippen LogP contribution in [0.2, 0.25) is 0 Å². The molecule has 0 unspecified atom stereocenters. The van der Waals surface area contributed by atoms with Crippen molar-refractivity contribution in [1.82, 2.24) is 0 Å². The van der Waals surface area contributed by atoms with Crippen molar-refractivity contribution in [3.8, 4) is 0 Å². The highest BCUT2D eigenvalue weighted by Gasteiger charge is 2.20. The summed E-state index contributed by atoms with van der Waals surface area (Å²) in [5.74, 6) is -0.500. The first-order valence-corrected chi connectivity index (χ1v) is 10.5. The molecule has 12 heteroatoms. The van der Waals surface area contributed by atoms with Crippen LogP contribution in [0.3, 0.4) is 0 Å². The molecule has 0 bridgehead atoms. The van der Waals surface area contributed by atoms with Crippen LogP contribution in [-0.2, 0) is 10.0 Å². The lowest BCUT2D eigenvalue weighted by Crippen LogP contribution is -2.14. The van der Waals surface area contributed by atoms with Gasteiger partial charge in [-0.1, -0.05) is 6.07 Å². The minimum atomic E-state index is -4.07. The maximum Gasteiger partial charge on any atom is 0.273 e. The van der Waals surface area contributed by atoms with E-state index in [-0.39, 0.29) is 27.5 Å². The molecule has 3 rings (SSSR count). The van der Waals surface area contributed by atoms with Crippen molar-refractivity contribution in [1.29, 1.82) is 0 Å². The average molecular weight is 456 g/mol. The highest BCUT2D eigenvalue weighted by molar-refractivity contribution is 7.92. The summed E-state index contributed by atoms with van der Waals surface area (Å²) < 4.78 is 27.4. The van der Waals surface area contributed by atoms with Gasteiger partial charge in [0, 0.05) is 40.7 Å². The van der Waals surface area contributed by atoms with E-state index in [4.69, 9.17) is 0 Å².